The van der Waals surface area contributed by atoms with E-state index < -0.39 is 0 Å². The number of aliphatic imine (C=N–C) groups is 1. The van der Waals surface area contributed by atoms with Crippen molar-refractivity contribution in [2.75, 3.05) is 5.75 Å². The molecule has 1 aliphatic heterocycles. The summed E-state index contributed by atoms with van der Waals surface area (Å²) in [6.07, 6.45) is 0. The molecule has 0 spiro atoms. The van der Waals surface area contributed by atoms with E-state index in [4.69, 9.17) is 11.1 Å². The van der Waals surface area contributed by atoms with Crippen molar-refractivity contribution in [3.8, 4) is 0 Å². The van der Waals surface area contributed by atoms with Gasteiger partial charge in [0, 0.05) is 0 Å². The van der Waals surface area contributed by atoms with E-state index in [-0.39, 0.29) is 24.3 Å². The van der Waals surface area contributed by atoms with Gasteiger partial charge in [0.05, 0.1) is 5.75 Å². The summed E-state index contributed by atoms with van der Waals surface area (Å²) < 4.78 is 0. The highest BCUT2D eigenvalue weighted by atomic mass is 35.5. The smallest absolute Gasteiger partial charge is 0.236 e. The lowest BCUT2D eigenvalue weighted by molar-refractivity contribution is -0.116. The van der Waals surface area contributed by atoms with Crippen LogP contribution in [0.3, 0.4) is 0 Å². The Hall–Kier alpha value is -0.750. The molecule has 5 nitrogen and oxygen atoms in total. The second kappa shape index (κ2) is 4.20. The molecule has 0 bridgehead atoms. The predicted molar refractivity (Wildman–Crippen MR) is 47.2 cm³/mol. The minimum atomic E-state index is -0.287. The lowest BCUT2D eigenvalue weighted by atomic mass is 10.7. The number of nitrogens with one attached hydrogen (secondary N) is 2. The molecule has 0 aromatic carbocycles. The second-order valence-corrected chi connectivity index (χ2v) is 2.60. The summed E-state index contributed by atoms with van der Waals surface area (Å²) in [4.78, 5) is 14.0. The minimum absolute atomic E-state index is 0. The Morgan fingerprint density at radius 1 is 1.82 bits per heavy atom. The van der Waals surface area contributed by atoms with Gasteiger partial charge in [0.1, 0.15) is 0 Å². The number of amidine groups is 1. The van der Waals surface area contributed by atoms with Gasteiger partial charge in [0.15, 0.2) is 5.17 Å². The van der Waals surface area contributed by atoms with Crippen molar-refractivity contribution in [3.05, 3.63) is 0 Å². The van der Waals surface area contributed by atoms with E-state index in [1.165, 1.54) is 11.8 Å². The van der Waals surface area contributed by atoms with E-state index in [2.05, 4.69) is 10.3 Å². The molecule has 4 N–H and O–H groups in total. The molecule has 1 fully saturated rings. The molecule has 7 heteroatoms. The summed E-state index contributed by atoms with van der Waals surface area (Å²) in [5.74, 6) is -0.0127. The van der Waals surface area contributed by atoms with Crippen LogP contribution in [0.25, 0.3) is 0 Å². The highest BCUT2D eigenvalue weighted by molar-refractivity contribution is 8.15. The number of carbonyl (C=O) groups is 1. The van der Waals surface area contributed by atoms with Gasteiger partial charge < -0.3 is 11.1 Å². The molecule has 1 saturated heterocycles. The van der Waals surface area contributed by atoms with Crippen LogP contribution in [0.4, 0.5) is 0 Å². The average molecular weight is 195 g/mol. The van der Waals surface area contributed by atoms with Crippen molar-refractivity contribution < 1.29 is 4.79 Å². The molecular weight excluding hydrogens is 188 g/mol. The molecule has 0 aliphatic carbocycles. The van der Waals surface area contributed by atoms with Crippen LogP contribution >= 0.6 is 24.2 Å². The number of nitrogens with two attached hydrogens (primary N) is 1. The number of nitrogens with zero attached hydrogens (tertiary/aromatic N) is 1. The molecule has 0 aromatic rings. The number of rotatable bonds is 0. The molecule has 1 heterocycles. The Morgan fingerprint density at radius 2 is 2.45 bits per heavy atom. The first-order chi connectivity index (χ1) is 4.68. The zero-order chi connectivity index (χ0) is 7.56. The van der Waals surface area contributed by atoms with Gasteiger partial charge in [-0.2, -0.15) is 4.99 Å². The molecule has 0 aromatic heterocycles. The van der Waals surface area contributed by atoms with Gasteiger partial charge in [-0.3, -0.25) is 10.2 Å². The van der Waals surface area contributed by atoms with Crippen LogP contribution in [0.5, 0.6) is 0 Å². The van der Waals surface area contributed by atoms with E-state index >= 15 is 0 Å². The molecule has 0 radical (unpaired) electrons. The van der Waals surface area contributed by atoms with Crippen molar-refractivity contribution in [3.63, 3.8) is 0 Å². The average Bonchev–Trinajstić information content (AvgIpc) is 2.13. The standard InChI is InChI=1S/C4H6N4OS.ClH/c5-3(6)8-4-7-2(9)1-10-4;/h1H2,(H4,5,6,7,8,9);1H. The van der Waals surface area contributed by atoms with Gasteiger partial charge in [-0.15, -0.1) is 12.4 Å². The molecule has 0 atom stereocenters. The first-order valence-corrected chi connectivity index (χ1v) is 3.52. The second-order valence-electron chi connectivity index (χ2n) is 1.64. The largest absolute Gasteiger partial charge is 0.368 e. The van der Waals surface area contributed by atoms with Gasteiger partial charge in [-0.25, -0.2) is 0 Å². The fourth-order valence-corrected chi connectivity index (χ4v) is 1.18. The van der Waals surface area contributed by atoms with Gasteiger partial charge in [-0.1, -0.05) is 11.8 Å². The fraction of sp³-hybridized carbons (Fsp3) is 0.250. The third-order valence-corrected chi connectivity index (χ3v) is 1.68. The van der Waals surface area contributed by atoms with E-state index in [9.17, 15) is 4.79 Å². The van der Waals surface area contributed by atoms with Crippen molar-refractivity contribution in [1.82, 2.24) is 5.32 Å². The SMILES string of the molecule is Cl.N=C(N)/N=C1\NC(=O)CS1. The Bertz CT molecular complexity index is 216. The van der Waals surface area contributed by atoms with Crippen LogP contribution in [-0.2, 0) is 4.79 Å². The Labute approximate surface area is 73.7 Å². The van der Waals surface area contributed by atoms with E-state index in [1.54, 1.807) is 0 Å². The van der Waals surface area contributed by atoms with Gasteiger partial charge in [0.25, 0.3) is 0 Å². The molecule has 1 aliphatic rings. The topological polar surface area (TPSA) is 91.3 Å². The Balaban J connectivity index is 0.000001000. The van der Waals surface area contributed by atoms with Crippen LogP contribution in [0, 0.1) is 5.41 Å². The van der Waals surface area contributed by atoms with E-state index in [0.29, 0.717) is 10.9 Å². The lowest BCUT2D eigenvalue weighted by Crippen LogP contribution is -2.22. The third kappa shape index (κ3) is 3.24. The van der Waals surface area contributed by atoms with Crippen molar-refractivity contribution in [2.45, 2.75) is 0 Å². The van der Waals surface area contributed by atoms with Crippen molar-refractivity contribution >= 4 is 41.2 Å². The molecule has 0 saturated carbocycles. The van der Waals surface area contributed by atoms with Gasteiger partial charge in [0.2, 0.25) is 11.9 Å². The van der Waals surface area contributed by atoms with Crippen LogP contribution < -0.4 is 11.1 Å². The number of halogens is 1. The van der Waals surface area contributed by atoms with E-state index in [1.807, 2.05) is 0 Å². The molecule has 0 unspecified atom stereocenters. The van der Waals surface area contributed by atoms with Crippen LogP contribution in [0.2, 0.25) is 0 Å². The maximum absolute atomic E-state index is 10.5. The fourth-order valence-electron chi connectivity index (χ4n) is 0.495. The molecule has 1 rings (SSSR count). The van der Waals surface area contributed by atoms with Gasteiger partial charge >= 0.3 is 0 Å². The van der Waals surface area contributed by atoms with Gasteiger partial charge in [-0.05, 0) is 0 Å². The van der Waals surface area contributed by atoms with Crippen LogP contribution in [-0.4, -0.2) is 22.8 Å². The molecular formula is C4H7ClN4OS. The normalized spacial score (nSPS) is 19.3. The highest BCUT2D eigenvalue weighted by Crippen LogP contribution is 2.07. The summed E-state index contributed by atoms with van der Waals surface area (Å²) in [5.41, 5.74) is 4.95. The van der Waals surface area contributed by atoms with Crippen LogP contribution in [0.15, 0.2) is 4.99 Å². The summed E-state index contributed by atoms with van der Waals surface area (Å²) in [6.45, 7) is 0. The van der Waals surface area contributed by atoms with E-state index in [0.717, 1.165) is 0 Å². The quantitative estimate of drug-likeness (QED) is 0.359. The van der Waals surface area contributed by atoms with Crippen molar-refractivity contribution in [1.29, 1.82) is 5.41 Å². The zero-order valence-corrected chi connectivity index (χ0v) is 7.09. The van der Waals surface area contributed by atoms with Crippen LogP contribution in [0.1, 0.15) is 0 Å². The first kappa shape index (κ1) is 10.2. The highest BCUT2D eigenvalue weighted by Gasteiger charge is 2.15. The summed E-state index contributed by atoms with van der Waals surface area (Å²) >= 11 is 1.25. The number of hydrogen-bond acceptors (Lipinski definition) is 3. The first-order valence-electron chi connectivity index (χ1n) is 2.54. The Kier molecular flexibility index (Phi) is 3.91. The summed E-state index contributed by atoms with van der Waals surface area (Å²) in [7, 11) is 0. The third-order valence-electron chi connectivity index (χ3n) is 0.808. The maximum atomic E-state index is 10.5. The molecule has 1 amide bonds. The monoisotopic (exact) mass is 194 g/mol. The zero-order valence-electron chi connectivity index (χ0n) is 5.46. The molecule has 62 valence electrons. The maximum Gasteiger partial charge on any atom is 0.236 e. The molecule has 11 heavy (non-hydrogen) atoms. The Morgan fingerprint density at radius 3 is 2.82 bits per heavy atom. The lowest BCUT2D eigenvalue weighted by Gasteiger charge is -1.90. The predicted octanol–water partition coefficient (Wildman–Crippen LogP) is -0.479. The summed E-state index contributed by atoms with van der Waals surface area (Å²) in [6, 6.07) is 0. The number of thioether (sulfide) groups is 1. The number of hydrogen-bond donors (Lipinski definition) is 3. The number of carbonyl (C=O) groups excluding carboxylic acids is 1. The number of guanidine groups is 1. The minimum Gasteiger partial charge on any atom is -0.368 e. The summed E-state index contributed by atoms with van der Waals surface area (Å²) in [5, 5.41) is 9.60. The van der Waals surface area contributed by atoms with Crippen molar-refractivity contribution in [2.24, 2.45) is 10.7 Å². The number of amides is 1.